The lowest BCUT2D eigenvalue weighted by Gasteiger charge is -2.07. The number of rotatable bonds is 8. The Hall–Kier alpha value is -3.42. The van der Waals surface area contributed by atoms with Crippen LogP contribution in [0.3, 0.4) is 0 Å². The number of ether oxygens (including phenoxy) is 1. The summed E-state index contributed by atoms with van der Waals surface area (Å²) in [6.07, 6.45) is 3.30. The van der Waals surface area contributed by atoms with Gasteiger partial charge in [0.1, 0.15) is 0 Å². The van der Waals surface area contributed by atoms with Crippen LogP contribution < -0.4 is 10.9 Å². The Morgan fingerprint density at radius 2 is 2.04 bits per heavy atom. The van der Waals surface area contributed by atoms with Gasteiger partial charge in [-0.05, 0) is 30.5 Å². The van der Waals surface area contributed by atoms with Crippen molar-refractivity contribution in [2.75, 3.05) is 13.2 Å². The highest BCUT2D eigenvalue weighted by molar-refractivity contribution is 5.89. The molecule has 0 fully saturated rings. The second-order valence-electron chi connectivity index (χ2n) is 6.32. The minimum atomic E-state index is -0.739. The average molecular weight is 382 g/mol. The molecule has 2 aromatic heterocycles. The summed E-state index contributed by atoms with van der Waals surface area (Å²) in [4.78, 5) is 38.8. The number of amides is 1. The van der Waals surface area contributed by atoms with Crippen molar-refractivity contribution in [3.05, 3.63) is 64.2 Å². The summed E-state index contributed by atoms with van der Waals surface area (Å²) in [6.45, 7) is 2.34. The van der Waals surface area contributed by atoms with Crippen LogP contribution in [-0.2, 0) is 22.5 Å². The molecule has 0 spiro atoms. The van der Waals surface area contributed by atoms with Gasteiger partial charge in [-0.25, -0.2) is 9.48 Å². The van der Waals surface area contributed by atoms with E-state index < -0.39 is 18.5 Å². The van der Waals surface area contributed by atoms with E-state index >= 15 is 0 Å². The lowest BCUT2D eigenvalue weighted by molar-refractivity contribution is -0.124. The van der Waals surface area contributed by atoms with E-state index in [1.807, 2.05) is 37.4 Å². The quantitative estimate of drug-likeness (QED) is 0.576. The number of carbonyl (C=O) groups is 2. The Bertz CT molecular complexity index is 1040. The van der Waals surface area contributed by atoms with Gasteiger partial charge >= 0.3 is 5.97 Å². The summed E-state index contributed by atoms with van der Waals surface area (Å²) in [5.41, 5.74) is 1.87. The molecular formula is C20H22N4O4. The standard InChI is InChI=1S/C20H22N4O4/c1-2-11-24-19(26)8-7-17(23-24)20(27)28-13-18(25)21-10-9-14-12-22-16-6-4-3-5-15(14)16/h3-8,12,22H,2,9-11,13H2,1H3,(H,21,25). The molecule has 0 bridgehead atoms. The van der Waals surface area contributed by atoms with Crippen LogP contribution in [0.5, 0.6) is 0 Å². The zero-order valence-corrected chi connectivity index (χ0v) is 15.6. The van der Waals surface area contributed by atoms with Crippen molar-refractivity contribution in [2.45, 2.75) is 26.3 Å². The normalized spacial score (nSPS) is 10.8. The second kappa shape index (κ2) is 8.98. The monoisotopic (exact) mass is 382 g/mol. The molecule has 0 aliphatic rings. The molecule has 8 heteroatoms. The van der Waals surface area contributed by atoms with Crippen LogP contribution in [0.25, 0.3) is 10.9 Å². The number of aromatic nitrogens is 3. The van der Waals surface area contributed by atoms with Crippen LogP contribution in [0, 0.1) is 0 Å². The van der Waals surface area contributed by atoms with Crippen LogP contribution in [0.4, 0.5) is 0 Å². The number of nitrogens with one attached hydrogen (secondary N) is 2. The highest BCUT2D eigenvalue weighted by Gasteiger charge is 2.13. The number of aromatic amines is 1. The maximum absolute atomic E-state index is 12.0. The lowest BCUT2D eigenvalue weighted by Crippen LogP contribution is -2.31. The molecule has 0 saturated heterocycles. The molecule has 3 aromatic rings. The number of H-pyrrole nitrogens is 1. The molecule has 0 atom stereocenters. The third-order valence-corrected chi connectivity index (χ3v) is 4.24. The Labute approximate surface area is 161 Å². The molecule has 0 saturated carbocycles. The molecule has 2 heterocycles. The number of benzene rings is 1. The molecule has 8 nitrogen and oxygen atoms in total. The zero-order valence-electron chi connectivity index (χ0n) is 15.6. The third-order valence-electron chi connectivity index (χ3n) is 4.24. The molecule has 1 aromatic carbocycles. The van der Waals surface area contributed by atoms with Gasteiger partial charge in [0, 0.05) is 36.3 Å². The number of fused-ring (bicyclic) bond motifs is 1. The SMILES string of the molecule is CCCn1nc(C(=O)OCC(=O)NCCc2c[nH]c3ccccc23)ccc1=O. The number of aryl methyl sites for hydroxylation is 1. The smallest absolute Gasteiger partial charge is 0.359 e. The number of para-hydroxylation sites is 1. The first-order chi connectivity index (χ1) is 13.6. The molecule has 0 aliphatic heterocycles. The fraction of sp³-hybridized carbons (Fsp3) is 0.300. The van der Waals surface area contributed by atoms with E-state index in [2.05, 4.69) is 15.4 Å². The van der Waals surface area contributed by atoms with Crippen LogP contribution in [0.1, 0.15) is 29.4 Å². The van der Waals surface area contributed by atoms with Gasteiger partial charge in [0.05, 0.1) is 0 Å². The van der Waals surface area contributed by atoms with Crippen molar-refractivity contribution in [3.63, 3.8) is 0 Å². The molecule has 2 N–H and O–H groups in total. The maximum Gasteiger partial charge on any atom is 0.359 e. The molecule has 28 heavy (non-hydrogen) atoms. The number of esters is 1. The van der Waals surface area contributed by atoms with Gasteiger partial charge in [-0.3, -0.25) is 9.59 Å². The van der Waals surface area contributed by atoms with Crippen LogP contribution in [0.2, 0.25) is 0 Å². The van der Waals surface area contributed by atoms with Crippen molar-refractivity contribution in [3.8, 4) is 0 Å². The highest BCUT2D eigenvalue weighted by Crippen LogP contribution is 2.17. The van der Waals surface area contributed by atoms with Crippen molar-refractivity contribution >= 4 is 22.8 Å². The molecular weight excluding hydrogens is 360 g/mol. The minimum absolute atomic E-state index is 0.000331. The fourth-order valence-electron chi connectivity index (χ4n) is 2.86. The van der Waals surface area contributed by atoms with Crippen molar-refractivity contribution in [2.24, 2.45) is 0 Å². The first-order valence-corrected chi connectivity index (χ1v) is 9.15. The topological polar surface area (TPSA) is 106 Å². The summed E-state index contributed by atoms with van der Waals surface area (Å²) in [6, 6.07) is 10.5. The van der Waals surface area contributed by atoms with Gasteiger partial charge in [-0.1, -0.05) is 25.1 Å². The van der Waals surface area contributed by atoms with Gasteiger partial charge in [-0.15, -0.1) is 0 Å². The molecule has 0 aliphatic carbocycles. The molecule has 146 valence electrons. The van der Waals surface area contributed by atoms with Crippen LogP contribution in [-0.4, -0.2) is 39.8 Å². The predicted molar refractivity (Wildman–Crippen MR) is 104 cm³/mol. The van der Waals surface area contributed by atoms with E-state index in [9.17, 15) is 14.4 Å². The van der Waals surface area contributed by atoms with Gasteiger partial charge in [0.25, 0.3) is 11.5 Å². The predicted octanol–water partition coefficient (Wildman–Crippen LogP) is 1.65. The largest absolute Gasteiger partial charge is 0.451 e. The van der Waals surface area contributed by atoms with Crippen molar-refractivity contribution in [1.82, 2.24) is 20.1 Å². The number of hydrogen-bond acceptors (Lipinski definition) is 5. The number of hydrogen-bond donors (Lipinski definition) is 2. The Morgan fingerprint density at radius 3 is 2.86 bits per heavy atom. The fourth-order valence-corrected chi connectivity index (χ4v) is 2.86. The summed E-state index contributed by atoms with van der Waals surface area (Å²) >= 11 is 0. The van der Waals surface area contributed by atoms with E-state index in [1.165, 1.54) is 16.8 Å². The van der Waals surface area contributed by atoms with E-state index in [0.29, 0.717) is 25.9 Å². The summed E-state index contributed by atoms with van der Waals surface area (Å²) < 4.78 is 6.19. The first kappa shape index (κ1) is 19.3. The van der Waals surface area contributed by atoms with E-state index in [1.54, 1.807) is 0 Å². The average Bonchev–Trinajstić information content (AvgIpc) is 3.11. The van der Waals surface area contributed by atoms with E-state index in [4.69, 9.17) is 4.74 Å². The maximum atomic E-state index is 12.0. The third kappa shape index (κ3) is 4.64. The van der Waals surface area contributed by atoms with Gasteiger partial charge < -0.3 is 15.0 Å². The van der Waals surface area contributed by atoms with Crippen molar-refractivity contribution in [1.29, 1.82) is 0 Å². The van der Waals surface area contributed by atoms with Gasteiger partial charge in [0.2, 0.25) is 0 Å². The molecule has 0 radical (unpaired) electrons. The van der Waals surface area contributed by atoms with E-state index in [0.717, 1.165) is 16.5 Å². The van der Waals surface area contributed by atoms with Gasteiger partial charge in [-0.2, -0.15) is 5.10 Å². The van der Waals surface area contributed by atoms with Crippen LogP contribution in [0.15, 0.2) is 47.4 Å². The second-order valence-corrected chi connectivity index (χ2v) is 6.32. The van der Waals surface area contributed by atoms with Crippen LogP contribution >= 0.6 is 0 Å². The van der Waals surface area contributed by atoms with E-state index in [-0.39, 0.29) is 11.3 Å². The molecule has 1 amide bonds. The summed E-state index contributed by atoms with van der Waals surface area (Å²) in [5, 5.41) is 7.81. The minimum Gasteiger partial charge on any atom is -0.451 e. The van der Waals surface area contributed by atoms with Crippen molar-refractivity contribution < 1.29 is 14.3 Å². The lowest BCUT2D eigenvalue weighted by atomic mass is 10.1. The Kier molecular flexibility index (Phi) is 6.21. The summed E-state index contributed by atoms with van der Waals surface area (Å²) in [7, 11) is 0. The number of carbonyl (C=O) groups excluding carboxylic acids is 2. The van der Waals surface area contributed by atoms with Gasteiger partial charge in [0.15, 0.2) is 12.3 Å². The Balaban J connectivity index is 1.47. The zero-order chi connectivity index (χ0) is 19.9. The number of nitrogens with zero attached hydrogens (tertiary/aromatic N) is 2. The first-order valence-electron chi connectivity index (χ1n) is 9.15. The Morgan fingerprint density at radius 1 is 1.21 bits per heavy atom. The highest BCUT2D eigenvalue weighted by atomic mass is 16.5. The molecule has 0 unspecified atom stereocenters. The molecule has 3 rings (SSSR count). The summed E-state index contributed by atoms with van der Waals surface area (Å²) in [5.74, 6) is -1.13.